The van der Waals surface area contributed by atoms with E-state index in [9.17, 15) is 14.9 Å². The zero-order chi connectivity index (χ0) is 18.0. The van der Waals surface area contributed by atoms with Crippen LogP contribution in [0.2, 0.25) is 0 Å². The molecule has 1 aliphatic carbocycles. The van der Waals surface area contributed by atoms with Gasteiger partial charge in [0.05, 0.1) is 4.92 Å². The summed E-state index contributed by atoms with van der Waals surface area (Å²) in [6.07, 6.45) is 7.24. The predicted octanol–water partition coefficient (Wildman–Crippen LogP) is 2.17. The summed E-state index contributed by atoms with van der Waals surface area (Å²) in [4.78, 5) is 22.9. The topological polar surface area (TPSA) is 108 Å². The highest BCUT2D eigenvalue weighted by atomic mass is 16.6. The normalized spacial score (nSPS) is 15.3. The SMILES string of the molecule is Cc1nn(Cn2ccc(C(=O)NC3CCCCC3)n2)c(C)c1[N+](=O)[O-]. The molecule has 25 heavy (non-hydrogen) atoms. The number of nitro groups is 1. The van der Waals surface area contributed by atoms with Crippen molar-refractivity contribution in [2.45, 2.75) is 58.7 Å². The van der Waals surface area contributed by atoms with Crippen LogP contribution < -0.4 is 5.32 Å². The molecule has 2 aromatic rings. The van der Waals surface area contributed by atoms with Gasteiger partial charge in [-0.3, -0.25) is 19.6 Å². The zero-order valence-electron chi connectivity index (χ0n) is 14.4. The summed E-state index contributed by atoms with van der Waals surface area (Å²) in [5.41, 5.74) is 1.19. The smallest absolute Gasteiger partial charge is 0.312 e. The maximum atomic E-state index is 12.3. The third-order valence-corrected chi connectivity index (χ3v) is 4.62. The van der Waals surface area contributed by atoms with Crippen LogP contribution in [0.1, 0.15) is 54.0 Å². The van der Waals surface area contributed by atoms with Crippen LogP contribution in [0, 0.1) is 24.0 Å². The van der Waals surface area contributed by atoms with Crippen LogP contribution in [0.25, 0.3) is 0 Å². The van der Waals surface area contributed by atoms with Gasteiger partial charge in [0, 0.05) is 12.2 Å². The van der Waals surface area contributed by atoms with Crippen molar-refractivity contribution in [3.05, 3.63) is 39.5 Å². The zero-order valence-corrected chi connectivity index (χ0v) is 14.4. The van der Waals surface area contributed by atoms with Crippen molar-refractivity contribution in [3.8, 4) is 0 Å². The minimum atomic E-state index is -0.430. The molecule has 134 valence electrons. The van der Waals surface area contributed by atoms with E-state index in [2.05, 4.69) is 15.5 Å². The van der Waals surface area contributed by atoms with Crippen LogP contribution in [-0.2, 0) is 6.67 Å². The van der Waals surface area contributed by atoms with Crippen LogP contribution in [0.5, 0.6) is 0 Å². The third-order valence-electron chi connectivity index (χ3n) is 4.62. The first-order valence-corrected chi connectivity index (χ1v) is 8.48. The molecule has 0 aromatic carbocycles. The Kier molecular flexibility index (Phi) is 4.82. The largest absolute Gasteiger partial charge is 0.348 e. The minimum absolute atomic E-state index is 0.0161. The number of aryl methyl sites for hydroxylation is 1. The molecule has 1 aliphatic rings. The van der Waals surface area contributed by atoms with Crippen molar-refractivity contribution >= 4 is 11.6 Å². The van der Waals surface area contributed by atoms with E-state index in [1.807, 2.05) is 0 Å². The number of carbonyl (C=O) groups excluding carboxylic acids is 1. The van der Waals surface area contributed by atoms with Gasteiger partial charge in [0.1, 0.15) is 23.8 Å². The quantitative estimate of drug-likeness (QED) is 0.659. The van der Waals surface area contributed by atoms with Crippen LogP contribution in [0.4, 0.5) is 5.69 Å². The van der Waals surface area contributed by atoms with Crippen LogP contribution in [-0.4, -0.2) is 36.4 Å². The molecular weight excluding hydrogens is 324 g/mol. The Labute approximate surface area is 145 Å². The van der Waals surface area contributed by atoms with Crippen molar-refractivity contribution in [1.29, 1.82) is 0 Å². The van der Waals surface area contributed by atoms with E-state index in [-0.39, 0.29) is 24.3 Å². The van der Waals surface area contributed by atoms with Crippen LogP contribution >= 0.6 is 0 Å². The first kappa shape index (κ1) is 17.1. The fourth-order valence-electron chi connectivity index (χ4n) is 3.29. The van der Waals surface area contributed by atoms with Gasteiger partial charge >= 0.3 is 5.69 Å². The van der Waals surface area contributed by atoms with E-state index < -0.39 is 4.92 Å². The lowest BCUT2D eigenvalue weighted by Crippen LogP contribution is -2.36. The van der Waals surface area contributed by atoms with Crippen LogP contribution in [0.3, 0.4) is 0 Å². The number of nitrogens with zero attached hydrogens (tertiary/aromatic N) is 5. The number of hydrogen-bond acceptors (Lipinski definition) is 5. The van der Waals surface area contributed by atoms with Crippen molar-refractivity contribution < 1.29 is 9.72 Å². The molecule has 0 unspecified atom stereocenters. The number of amides is 1. The Balaban J connectivity index is 1.68. The predicted molar refractivity (Wildman–Crippen MR) is 90.3 cm³/mol. The van der Waals surface area contributed by atoms with Gasteiger partial charge in [0.2, 0.25) is 0 Å². The second kappa shape index (κ2) is 7.04. The Morgan fingerprint density at radius 2 is 2.04 bits per heavy atom. The van der Waals surface area contributed by atoms with Gasteiger partial charge in [-0.15, -0.1) is 0 Å². The van der Waals surface area contributed by atoms with Crippen molar-refractivity contribution in [3.63, 3.8) is 0 Å². The first-order valence-electron chi connectivity index (χ1n) is 8.48. The van der Waals surface area contributed by atoms with Crippen LogP contribution in [0.15, 0.2) is 12.3 Å². The van der Waals surface area contributed by atoms with E-state index in [4.69, 9.17) is 0 Å². The lowest BCUT2D eigenvalue weighted by molar-refractivity contribution is -0.386. The molecule has 1 amide bonds. The van der Waals surface area contributed by atoms with Gasteiger partial charge in [-0.25, -0.2) is 4.68 Å². The summed E-state index contributed by atoms with van der Waals surface area (Å²) in [5, 5.41) is 22.6. The number of rotatable bonds is 5. The summed E-state index contributed by atoms with van der Waals surface area (Å²) in [7, 11) is 0. The van der Waals surface area contributed by atoms with E-state index >= 15 is 0 Å². The molecule has 0 bridgehead atoms. The van der Waals surface area contributed by atoms with Gasteiger partial charge in [-0.1, -0.05) is 19.3 Å². The summed E-state index contributed by atoms with van der Waals surface area (Å²) in [5.74, 6) is -0.176. The molecule has 0 saturated heterocycles. The Morgan fingerprint density at radius 3 is 2.68 bits per heavy atom. The Bertz CT molecular complexity index is 788. The van der Waals surface area contributed by atoms with Gasteiger partial charge in [0.25, 0.3) is 5.91 Å². The number of carbonyl (C=O) groups is 1. The lowest BCUT2D eigenvalue weighted by Gasteiger charge is -2.22. The summed E-state index contributed by atoms with van der Waals surface area (Å²) >= 11 is 0. The van der Waals surface area contributed by atoms with Gasteiger partial charge < -0.3 is 5.32 Å². The van der Waals surface area contributed by atoms with Crippen molar-refractivity contribution in [2.75, 3.05) is 0 Å². The molecule has 0 aliphatic heterocycles. The molecule has 0 radical (unpaired) electrons. The maximum Gasteiger partial charge on any atom is 0.312 e. The molecule has 9 nitrogen and oxygen atoms in total. The van der Waals surface area contributed by atoms with E-state index in [0.29, 0.717) is 17.1 Å². The molecule has 0 atom stereocenters. The first-order chi connectivity index (χ1) is 12.0. The molecule has 0 spiro atoms. The Hall–Kier alpha value is -2.71. The standard InChI is InChI=1S/C16H22N6O3/c1-11-15(22(24)25)12(2)21(18-11)10-20-9-8-14(19-20)16(23)17-13-6-4-3-5-7-13/h8-9,13H,3-7,10H2,1-2H3,(H,17,23). The molecular formula is C16H22N6O3. The molecule has 2 aromatic heterocycles. The number of aromatic nitrogens is 4. The molecule has 3 rings (SSSR count). The van der Waals surface area contributed by atoms with Crippen molar-refractivity contribution in [1.82, 2.24) is 24.9 Å². The minimum Gasteiger partial charge on any atom is -0.348 e. The van der Waals surface area contributed by atoms with E-state index in [0.717, 1.165) is 25.7 Å². The lowest BCUT2D eigenvalue weighted by atomic mass is 9.95. The second-order valence-corrected chi connectivity index (χ2v) is 6.47. The highest BCUT2D eigenvalue weighted by Crippen LogP contribution is 2.21. The second-order valence-electron chi connectivity index (χ2n) is 6.47. The molecule has 2 heterocycles. The average molecular weight is 346 g/mol. The maximum absolute atomic E-state index is 12.3. The highest BCUT2D eigenvalue weighted by molar-refractivity contribution is 5.92. The van der Waals surface area contributed by atoms with E-state index in [1.54, 1.807) is 30.8 Å². The monoisotopic (exact) mass is 346 g/mol. The average Bonchev–Trinajstić information content (AvgIpc) is 3.14. The molecule has 1 saturated carbocycles. The van der Waals surface area contributed by atoms with Gasteiger partial charge in [-0.2, -0.15) is 10.2 Å². The van der Waals surface area contributed by atoms with Gasteiger partial charge in [0.15, 0.2) is 0 Å². The molecule has 1 fully saturated rings. The Morgan fingerprint density at radius 1 is 1.32 bits per heavy atom. The number of nitrogens with one attached hydrogen (secondary N) is 1. The highest BCUT2D eigenvalue weighted by Gasteiger charge is 2.22. The van der Waals surface area contributed by atoms with Crippen molar-refractivity contribution in [2.24, 2.45) is 0 Å². The van der Waals surface area contributed by atoms with E-state index in [1.165, 1.54) is 11.1 Å². The summed E-state index contributed by atoms with van der Waals surface area (Å²) in [6.45, 7) is 3.48. The summed E-state index contributed by atoms with van der Waals surface area (Å²) < 4.78 is 3.07. The van der Waals surface area contributed by atoms with Gasteiger partial charge in [-0.05, 0) is 32.8 Å². The molecule has 9 heteroatoms. The number of hydrogen-bond donors (Lipinski definition) is 1. The molecule has 1 N–H and O–H groups in total. The summed E-state index contributed by atoms with van der Waals surface area (Å²) in [6, 6.07) is 1.88. The fraction of sp³-hybridized carbons (Fsp3) is 0.562. The third kappa shape index (κ3) is 3.70. The fourth-order valence-corrected chi connectivity index (χ4v) is 3.29.